The van der Waals surface area contributed by atoms with E-state index in [4.69, 9.17) is 21.7 Å². The number of carbonyl (C=O) groups is 1. The minimum absolute atomic E-state index is 0.0805. The van der Waals surface area contributed by atoms with Crippen molar-refractivity contribution in [1.29, 1.82) is 0 Å². The van der Waals surface area contributed by atoms with Crippen LogP contribution in [-0.2, 0) is 16.6 Å². The Bertz CT molecular complexity index is 1580. The van der Waals surface area contributed by atoms with E-state index in [2.05, 4.69) is 12.2 Å². The lowest BCUT2D eigenvalue weighted by molar-refractivity contribution is 0.0956. The molecule has 0 saturated heterocycles. The molecule has 0 spiro atoms. The van der Waals surface area contributed by atoms with E-state index in [0.717, 1.165) is 30.4 Å². The van der Waals surface area contributed by atoms with E-state index in [9.17, 15) is 18.0 Å². The summed E-state index contributed by atoms with van der Waals surface area (Å²) in [6, 6.07) is 15.7. The van der Waals surface area contributed by atoms with Gasteiger partial charge in [0.05, 0.1) is 17.1 Å². The molecule has 9 nitrogen and oxygen atoms in total. The molecule has 2 aromatic heterocycles. The standard InChI is InChI=1S/C26H28ClN5O4S/c1-2-3-4-14-31-23(19-5-7-20(8-6-19)25(34)29-13-15-37(28,35)36)16-24(33)32-17-22(30-26(31)32)18-9-11-21(27)12-10-18/h5-12,16-17H,2-4,13-15H2,1H3,(H,29,34)(H2,28,35,36). The number of hydrogen-bond donors (Lipinski definition) is 2. The molecule has 0 aliphatic heterocycles. The van der Waals surface area contributed by atoms with Crippen LogP contribution in [0.2, 0.25) is 5.02 Å². The number of imidazole rings is 1. The van der Waals surface area contributed by atoms with Crippen molar-refractivity contribution in [3.63, 3.8) is 0 Å². The van der Waals surface area contributed by atoms with Crippen LogP contribution in [0.1, 0.15) is 36.5 Å². The average molecular weight is 542 g/mol. The van der Waals surface area contributed by atoms with Crippen molar-refractivity contribution in [3.8, 4) is 22.5 Å². The summed E-state index contributed by atoms with van der Waals surface area (Å²) < 4.78 is 25.7. The molecule has 4 aromatic rings. The van der Waals surface area contributed by atoms with Crippen molar-refractivity contribution < 1.29 is 13.2 Å². The van der Waals surface area contributed by atoms with Gasteiger partial charge in [0, 0.05) is 41.5 Å². The number of carbonyl (C=O) groups excluding carboxylic acids is 1. The smallest absolute Gasteiger partial charge is 0.259 e. The van der Waals surface area contributed by atoms with E-state index in [-0.39, 0.29) is 17.9 Å². The summed E-state index contributed by atoms with van der Waals surface area (Å²) in [5, 5.41) is 8.14. The van der Waals surface area contributed by atoms with Crippen LogP contribution in [0.3, 0.4) is 0 Å². The van der Waals surface area contributed by atoms with Crippen LogP contribution in [0.4, 0.5) is 0 Å². The number of benzene rings is 2. The van der Waals surface area contributed by atoms with Crippen LogP contribution in [0, 0.1) is 0 Å². The maximum Gasteiger partial charge on any atom is 0.259 e. The van der Waals surface area contributed by atoms with Gasteiger partial charge in [0.25, 0.3) is 11.5 Å². The van der Waals surface area contributed by atoms with Crippen molar-refractivity contribution in [2.75, 3.05) is 12.3 Å². The van der Waals surface area contributed by atoms with Gasteiger partial charge in [-0.3, -0.25) is 14.0 Å². The first kappa shape index (κ1) is 26.6. The number of rotatable bonds is 10. The van der Waals surface area contributed by atoms with Gasteiger partial charge in [-0.25, -0.2) is 18.5 Å². The van der Waals surface area contributed by atoms with Gasteiger partial charge in [-0.15, -0.1) is 0 Å². The molecule has 1 amide bonds. The molecule has 2 heterocycles. The van der Waals surface area contributed by atoms with Gasteiger partial charge in [0.15, 0.2) is 0 Å². The van der Waals surface area contributed by atoms with Gasteiger partial charge in [0.1, 0.15) is 0 Å². The lowest BCUT2D eigenvalue weighted by atomic mass is 10.1. The van der Waals surface area contributed by atoms with E-state index >= 15 is 0 Å². The lowest BCUT2D eigenvalue weighted by Gasteiger charge is -2.15. The summed E-state index contributed by atoms with van der Waals surface area (Å²) >= 11 is 6.03. The SMILES string of the molecule is CCCCCn1c(-c2ccc(C(=O)NCCS(N)(=O)=O)cc2)cc(=O)n2cc(-c3ccc(Cl)cc3)nc12. The van der Waals surface area contributed by atoms with Crippen LogP contribution >= 0.6 is 11.6 Å². The molecule has 3 N–H and O–H groups in total. The molecule has 0 aliphatic carbocycles. The molecule has 4 rings (SSSR count). The van der Waals surface area contributed by atoms with Gasteiger partial charge < -0.3 is 9.88 Å². The Morgan fingerprint density at radius 1 is 1.05 bits per heavy atom. The number of nitrogens with two attached hydrogens (primary N) is 1. The molecule has 37 heavy (non-hydrogen) atoms. The maximum absolute atomic E-state index is 13.1. The van der Waals surface area contributed by atoms with Crippen molar-refractivity contribution >= 4 is 33.3 Å². The third-order valence-corrected chi connectivity index (χ3v) is 6.98. The van der Waals surface area contributed by atoms with Crippen LogP contribution < -0.4 is 16.0 Å². The van der Waals surface area contributed by atoms with Crippen molar-refractivity contribution in [3.05, 3.63) is 81.7 Å². The fourth-order valence-electron chi connectivity index (χ4n) is 4.04. The molecule has 0 aliphatic rings. The molecule has 0 radical (unpaired) electrons. The highest BCUT2D eigenvalue weighted by Crippen LogP contribution is 2.25. The van der Waals surface area contributed by atoms with Crippen LogP contribution in [0.5, 0.6) is 0 Å². The molecular formula is C26H28ClN5O4S. The quantitative estimate of drug-likeness (QED) is 0.296. The molecule has 0 fully saturated rings. The molecule has 2 aromatic carbocycles. The Morgan fingerprint density at radius 3 is 2.38 bits per heavy atom. The number of unbranched alkanes of at least 4 members (excludes halogenated alkanes) is 2. The number of amides is 1. The minimum Gasteiger partial charge on any atom is -0.351 e. The number of aryl methyl sites for hydroxylation is 1. The Kier molecular flexibility index (Phi) is 8.11. The summed E-state index contributed by atoms with van der Waals surface area (Å²) in [6.45, 7) is 2.71. The molecular weight excluding hydrogens is 514 g/mol. The number of nitrogens with one attached hydrogen (secondary N) is 1. The average Bonchev–Trinajstić information content (AvgIpc) is 3.31. The molecule has 0 atom stereocenters. The first-order valence-corrected chi connectivity index (χ1v) is 14.0. The number of fused-ring (bicyclic) bond motifs is 1. The van der Waals surface area contributed by atoms with Crippen LogP contribution in [0.15, 0.2) is 65.6 Å². The summed E-state index contributed by atoms with van der Waals surface area (Å²) in [5.41, 5.74) is 3.13. The number of aromatic nitrogens is 3. The molecule has 194 valence electrons. The third kappa shape index (κ3) is 6.46. The highest BCUT2D eigenvalue weighted by molar-refractivity contribution is 7.89. The molecule has 11 heteroatoms. The van der Waals surface area contributed by atoms with Gasteiger partial charge in [-0.2, -0.15) is 0 Å². The first-order valence-electron chi connectivity index (χ1n) is 11.9. The second-order valence-electron chi connectivity index (χ2n) is 8.73. The normalized spacial score (nSPS) is 11.6. The highest BCUT2D eigenvalue weighted by atomic mass is 35.5. The number of sulfonamides is 1. The third-order valence-electron chi connectivity index (χ3n) is 5.96. The number of nitrogens with zero attached hydrogens (tertiary/aromatic N) is 3. The maximum atomic E-state index is 13.1. The second kappa shape index (κ2) is 11.3. The van der Waals surface area contributed by atoms with E-state index in [1.165, 1.54) is 0 Å². The topological polar surface area (TPSA) is 129 Å². The molecule has 0 unspecified atom stereocenters. The number of hydrogen-bond acceptors (Lipinski definition) is 5. The zero-order chi connectivity index (χ0) is 26.6. The van der Waals surface area contributed by atoms with E-state index in [0.29, 0.717) is 34.3 Å². The monoisotopic (exact) mass is 541 g/mol. The Morgan fingerprint density at radius 2 is 1.73 bits per heavy atom. The van der Waals surface area contributed by atoms with E-state index < -0.39 is 15.9 Å². The zero-order valence-electron chi connectivity index (χ0n) is 20.4. The summed E-state index contributed by atoms with van der Waals surface area (Å²) in [6.07, 6.45) is 4.72. The zero-order valence-corrected chi connectivity index (χ0v) is 21.9. The summed E-state index contributed by atoms with van der Waals surface area (Å²) in [4.78, 5) is 30.3. The number of halogens is 1. The predicted molar refractivity (Wildman–Crippen MR) is 145 cm³/mol. The van der Waals surface area contributed by atoms with Gasteiger partial charge in [-0.1, -0.05) is 55.6 Å². The highest BCUT2D eigenvalue weighted by Gasteiger charge is 2.16. The summed E-state index contributed by atoms with van der Waals surface area (Å²) in [7, 11) is -3.66. The lowest BCUT2D eigenvalue weighted by Crippen LogP contribution is -2.31. The fraction of sp³-hybridized carbons (Fsp3) is 0.269. The minimum atomic E-state index is -3.66. The summed E-state index contributed by atoms with van der Waals surface area (Å²) in [5.74, 6) is -0.219. The van der Waals surface area contributed by atoms with E-state index in [1.807, 2.05) is 16.7 Å². The van der Waals surface area contributed by atoms with Crippen molar-refractivity contribution in [2.45, 2.75) is 32.7 Å². The first-order chi connectivity index (χ1) is 17.7. The second-order valence-corrected chi connectivity index (χ2v) is 10.9. The van der Waals surface area contributed by atoms with Crippen LogP contribution in [0.25, 0.3) is 28.3 Å². The van der Waals surface area contributed by atoms with Gasteiger partial charge in [-0.05, 0) is 36.2 Å². The fourth-order valence-corrected chi connectivity index (χ4v) is 4.55. The van der Waals surface area contributed by atoms with Crippen molar-refractivity contribution in [1.82, 2.24) is 19.3 Å². The largest absolute Gasteiger partial charge is 0.351 e. The molecule has 0 saturated carbocycles. The van der Waals surface area contributed by atoms with E-state index in [1.54, 1.807) is 53.1 Å². The Labute approximate surface area is 220 Å². The van der Waals surface area contributed by atoms with Crippen LogP contribution in [-0.4, -0.2) is 40.6 Å². The number of primary sulfonamides is 1. The van der Waals surface area contributed by atoms with Gasteiger partial charge >= 0.3 is 0 Å². The van der Waals surface area contributed by atoms with Crippen molar-refractivity contribution in [2.24, 2.45) is 5.14 Å². The predicted octanol–water partition coefficient (Wildman–Crippen LogP) is 3.69. The Balaban J connectivity index is 1.70. The van der Waals surface area contributed by atoms with Gasteiger partial charge in [0.2, 0.25) is 15.8 Å². The molecule has 0 bridgehead atoms. The Hall–Kier alpha value is -3.47.